The van der Waals surface area contributed by atoms with Crippen LogP contribution in [0.4, 0.5) is 10.7 Å². The van der Waals surface area contributed by atoms with Crippen molar-refractivity contribution >= 4 is 45.4 Å². The first-order valence-corrected chi connectivity index (χ1v) is 8.77. The van der Waals surface area contributed by atoms with E-state index in [-0.39, 0.29) is 16.3 Å². The summed E-state index contributed by atoms with van der Waals surface area (Å²) in [5, 5.41) is 14.0. The fourth-order valence-electron chi connectivity index (χ4n) is 2.88. The second-order valence-electron chi connectivity index (χ2n) is 5.66. The van der Waals surface area contributed by atoms with Crippen molar-refractivity contribution in [1.29, 1.82) is 0 Å². The molecule has 3 N–H and O–H groups in total. The lowest BCUT2D eigenvalue weighted by atomic mass is 9.95. The number of primary amides is 1. The Hall–Kier alpha value is -2.45. The monoisotopic (exact) mass is 379 g/mol. The number of amides is 2. The van der Waals surface area contributed by atoms with Crippen molar-refractivity contribution in [2.75, 3.05) is 5.32 Å². The second-order valence-corrected chi connectivity index (χ2v) is 7.17. The average molecular weight is 380 g/mol. The molecule has 3 rings (SSSR count). The van der Waals surface area contributed by atoms with Crippen molar-refractivity contribution in [3.8, 4) is 0 Å². The van der Waals surface area contributed by atoms with E-state index in [2.05, 4.69) is 5.32 Å². The number of thiophene rings is 1. The Kier molecular flexibility index (Phi) is 4.73. The molecule has 1 aliphatic rings. The number of anilines is 1. The molecule has 1 aliphatic carbocycles. The van der Waals surface area contributed by atoms with Crippen LogP contribution in [0.3, 0.4) is 0 Å². The lowest BCUT2D eigenvalue weighted by molar-refractivity contribution is -0.384. The summed E-state index contributed by atoms with van der Waals surface area (Å²) < 4.78 is 0. The van der Waals surface area contributed by atoms with E-state index in [1.165, 1.54) is 23.5 Å². The second kappa shape index (κ2) is 6.81. The molecule has 1 aromatic heterocycles. The minimum Gasteiger partial charge on any atom is -0.365 e. The number of carbonyl (C=O) groups excluding carboxylic acids is 2. The van der Waals surface area contributed by atoms with E-state index in [4.69, 9.17) is 17.3 Å². The highest BCUT2D eigenvalue weighted by Gasteiger charge is 2.25. The summed E-state index contributed by atoms with van der Waals surface area (Å²) in [5.41, 5.74) is 6.47. The molecule has 0 radical (unpaired) electrons. The van der Waals surface area contributed by atoms with Crippen LogP contribution < -0.4 is 11.1 Å². The van der Waals surface area contributed by atoms with Crippen LogP contribution in [0.5, 0.6) is 0 Å². The van der Waals surface area contributed by atoms with Gasteiger partial charge in [0.15, 0.2) is 0 Å². The van der Waals surface area contributed by atoms with Crippen LogP contribution in [-0.2, 0) is 12.8 Å². The number of carbonyl (C=O) groups is 2. The van der Waals surface area contributed by atoms with Crippen molar-refractivity contribution in [2.24, 2.45) is 5.73 Å². The van der Waals surface area contributed by atoms with Crippen LogP contribution in [0.1, 0.15) is 44.0 Å². The standard InChI is InChI=1S/C16H14ClN3O4S/c17-10-6-5-8(7-11(10)20(23)24)15(22)19-16-13(14(18)21)9-3-1-2-4-12(9)25-16/h5-7H,1-4H2,(H2,18,21)(H,19,22). The molecule has 9 heteroatoms. The number of nitrogens with zero attached hydrogens (tertiary/aromatic N) is 1. The number of nitro benzene ring substituents is 1. The van der Waals surface area contributed by atoms with Gasteiger partial charge < -0.3 is 11.1 Å². The average Bonchev–Trinajstić information content (AvgIpc) is 2.92. The van der Waals surface area contributed by atoms with Gasteiger partial charge in [0.2, 0.25) is 0 Å². The molecule has 2 amide bonds. The maximum atomic E-state index is 12.5. The Labute approximate surface area is 151 Å². The molecule has 1 heterocycles. The summed E-state index contributed by atoms with van der Waals surface area (Å²) in [6.07, 6.45) is 3.61. The first-order chi connectivity index (χ1) is 11.9. The van der Waals surface area contributed by atoms with Crippen LogP contribution in [0.2, 0.25) is 5.02 Å². The van der Waals surface area contributed by atoms with Crippen LogP contribution in [0, 0.1) is 10.1 Å². The molecule has 0 unspecified atom stereocenters. The number of benzene rings is 1. The van der Waals surface area contributed by atoms with Crippen molar-refractivity contribution in [3.05, 3.63) is 54.9 Å². The number of aryl methyl sites for hydroxylation is 1. The SMILES string of the molecule is NC(=O)c1c(NC(=O)c2ccc(Cl)c([N+](=O)[O-])c2)sc2c1CCCC2. The van der Waals surface area contributed by atoms with Gasteiger partial charge in [0.05, 0.1) is 10.5 Å². The number of halogens is 1. The molecule has 0 spiro atoms. The Morgan fingerprint density at radius 2 is 2.00 bits per heavy atom. The number of hydrogen-bond donors (Lipinski definition) is 2. The summed E-state index contributed by atoms with van der Waals surface area (Å²) in [7, 11) is 0. The quantitative estimate of drug-likeness (QED) is 0.624. The number of rotatable bonds is 4. The van der Waals surface area contributed by atoms with E-state index in [0.717, 1.165) is 42.2 Å². The fourth-order valence-corrected chi connectivity index (χ4v) is 4.36. The first kappa shape index (κ1) is 17.4. The minimum atomic E-state index is -0.655. The summed E-state index contributed by atoms with van der Waals surface area (Å²) in [6.45, 7) is 0. The summed E-state index contributed by atoms with van der Waals surface area (Å²) in [5.74, 6) is -1.14. The smallest absolute Gasteiger partial charge is 0.288 e. The zero-order chi connectivity index (χ0) is 18.1. The molecule has 25 heavy (non-hydrogen) atoms. The van der Waals surface area contributed by atoms with Gasteiger partial charge in [0.1, 0.15) is 10.0 Å². The van der Waals surface area contributed by atoms with Gasteiger partial charge in [-0.1, -0.05) is 11.6 Å². The predicted octanol–water partition coefficient (Wildman–Crippen LogP) is 3.54. The lowest BCUT2D eigenvalue weighted by Crippen LogP contribution is -2.18. The Morgan fingerprint density at radius 1 is 1.28 bits per heavy atom. The molecule has 0 bridgehead atoms. The molecular formula is C16H14ClN3O4S. The molecule has 0 saturated heterocycles. The van der Waals surface area contributed by atoms with Crippen molar-refractivity contribution < 1.29 is 14.5 Å². The highest BCUT2D eigenvalue weighted by atomic mass is 35.5. The normalized spacial score (nSPS) is 13.2. The van der Waals surface area contributed by atoms with Gasteiger partial charge in [-0.15, -0.1) is 11.3 Å². The topological polar surface area (TPSA) is 115 Å². The molecule has 0 saturated carbocycles. The van der Waals surface area contributed by atoms with Gasteiger partial charge in [-0.3, -0.25) is 19.7 Å². The summed E-state index contributed by atoms with van der Waals surface area (Å²) in [6, 6.07) is 3.79. The number of fused-ring (bicyclic) bond motifs is 1. The summed E-state index contributed by atoms with van der Waals surface area (Å²) in [4.78, 5) is 35.7. The minimum absolute atomic E-state index is 0.0500. The number of hydrogen-bond acceptors (Lipinski definition) is 5. The fraction of sp³-hybridized carbons (Fsp3) is 0.250. The maximum absolute atomic E-state index is 12.5. The van der Waals surface area contributed by atoms with E-state index in [9.17, 15) is 19.7 Å². The summed E-state index contributed by atoms with van der Waals surface area (Å²) >= 11 is 7.09. The largest absolute Gasteiger partial charge is 0.365 e. The van der Waals surface area contributed by atoms with Crippen LogP contribution in [-0.4, -0.2) is 16.7 Å². The van der Waals surface area contributed by atoms with Crippen molar-refractivity contribution in [2.45, 2.75) is 25.7 Å². The van der Waals surface area contributed by atoms with E-state index in [1.54, 1.807) is 0 Å². The van der Waals surface area contributed by atoms with Gasteiger partial charge in [-0.2, -0.15) is 0 Å². The molecule has 7 nitrogen and oxygen atoms in total. The molecular weight excluding hydrogens is 366 g/mol. The zero-order valence-electron chi connectivity index (χ0n) is 13.0. The van der Waals surface area contributed by atoms with Crippen molar-refractivity contribution in [1.82, 2.24) is 0 Å². The van der Waals surface area contributed by atoms with Crippen LogP contribution in [0.15, 0.2) is 18.2 Å². The van der Waals surface area contributed by atoms with Crippen LogP contribution in [0.25, 0.3) is 0 Å². The lowest BCUT2D eigenvalue weighted by Gasteiger charge is -2.11. The van der Waals surface area contributed by atoms with Gasteiger partial charge >= 0.3 is 0 Å². The van der Waals surface area contributed by atoms with E-state index in [1.807, 2.05) is 0 Å². The van der Waals surface area contributed by atoms with Gasteiger partial charge in [0.25, 0.3) is 17.5 Å². The zero-order valence-corrected chi connectivity index (χ0v) is 14.6. The number of nitrogens with two attached hydrogens (primary N) is 1. The van der Waals surface area contributed by atoms with Crippen LogP contribution >= 0.6 is 22.9 Å². The van der Waals surface area contributed by atoms with E-state index in [0.29, 0.717) is 10.6 Å². The molecule has 0 atom stereocenters. The highest BCUT2D eigenvalue weighted by molar-refractivity contribution is 7.17. The van der Waals surface area contributed by atoms with Gasteiger partial charge in [0, 0.05) is 16.5 Å². The van der Waals surface area contributed by atoms with Gasteiger partial charge in [-0.05, 0) is 43.4 Å². The third-order valence-electron chi connectivity index (χ3n) is 4.05. The van der Waals surface area contributed by atoms with E-state index >= 15 is 0 Å². The first-order valence-electron chi connectivity index (χ1n) is 7.58. The van der Waals surface area contributed by atoms with Crippen molar-refractivity contribution in [3.63, 3.8) is 0 Å². The Morgan fingerprint density at radius 3 is 2.68 bits per heavy atom. The molecule has 130 valence electrons. The third kappa shape index (κ3) is 3.35. The Balaban J connectivity index is 1.94. The van der Waals surface area contributed by atoms with E-state index < -0.39 is 16.7 Å². The Bertz CT molecular complexity index is 894. The number of nitrogens with one attached hydrogen (secondary N) is 1. The molecule has 0 aliphatic heterocycles. The maximum Gasteiger partial charge on any atom is 0.288 e. The molecule has 0 fully saturated rings. The highest BCUT2D eigenvalue weighted by Crippen LogP contribution is 2.38. The predicted molar refractivity (Wildman–Crippen MR) is 95.5 cm³/mol. The third-order valence-corrected chi connectivity index (χ3v) is 5.58. The molecule has 1 aromatic carbocycles. The molecule has 2 aromatic rings. The van der Waals surface area contributed by atoms with Gasteiger partial charge in [-0.25, -0.2) is 0 Å². The number of nitro groups is 1.